The van der Waals surface area contributed by atoms with Gasteiger partial charge in [0.05, 0.1) is 33.9 Å². The van der Waals surface area contributed by atoms with Gasteiger partial charge in [0.15, 0.2) is 0 Å². The van der Waals surface area contributed by atoms with Crippen molar-refractivity contribution in [3.8, 4) is 0 Å². The SMILES string of the molecule is CNC(=O)NC(=O)CN(CC(=O)OC)CC(=O)OC. The summed E-state index contributed by atoms with van der Waals surface area (Å²) in [6.45, 7) is -0.864. The molecule has 0 saturated carbocycles. The van der Waals surface area contributed by atoms with Gasteiger partial charge in [-0.15, -0.1) is 0 Å². The molecule has 0 aliphatic heterocycles. The number of carbonyl (C=O) groups is 4. The van der Waals surface area contributed by atoms with Crippen molar-refractivity contribution >= 4 is 23.9 Å². The molecule has 0 aromatic rings. The Morgan fingerprint density at radius 3 is 1.79 bits per heavy atom. The molecule has 0 aromatic carbocycles. The van der Waals surface area contributed by atoms with Gasteiger partial charge in [-0.05, 0) is 0 Å². The average molecular weight is 275 g/mol. The highest BCUT2D eigenvalue weighted by Gasteiger charge is 2.19. The van der Waals surface area contributed by atoms with E-state index in [0.29, 0.717) is 0 Å². The maximum atomic E-state index is 11.4. The topological polar surface area (TPSA) is 114 Å². The Hall–Kier alpha value is -2.16. The summed E-state index contributed by atoms with van der Waals surface area (Å²) in [4.78, 5) is 45.8. The highest BCUT2D eigenvalue weighted by atomic mass is 16.5. The predicted octanol–water partition coefficient (Wildman–Crippen LogP) is -1.91. The Morgan fingerprint density at radius 1 is 0.947 bits per heavy atom. The van der Waals surface area contributed by atoms with Gasteiger partial charge >= 0.3 is 18.0 Å². The number of hydrogen-bond donors (Lipinski definition) is 2. The van der Waals surface area contributed by atoms with E-state index < -0.39 is 23.9 Å². The normalized spacial score (nSPS) is 9.68. The molecule has 108 valence electrons. The summed E-state index contributed by atoms with van der Waals surface area (Å²) in [5.41, 5.74) is 0. The smallest absolute Gasteiger partial charge is 0.321 e. The molecule has 0 rings (SSSR count). The molecule has 9 heteroatoms. The summed E-state index contributed by atoms with van der Waals surface area (Å²) in [5, 5.41) is 4.21. The van der Waals surface area contributed by atoms with E-state index in [-0.39, 0.29) is 19.6 Å². The molecule has 0 aromatic heterocycles. The molecule has 19 heavy (non-hydrogen) atoms. The fraction of sp³-hybridized carbons (Fsp3) is 0.600. The maximum absolute atomic E-state index is 11.4. The van der Waals surface area contributed by atoms with Crippen molar-refractivity contribution in [2.75, 3.05) is 40.9 Å². The molecule has 0 saturated heterocycles. The van der Waals surface area contributed by atoms with E-state index in [9.17, 15) is 19.2 Å². The van der Waals surface area contributed by atoms with Crippen molar-refractivity contribution in [2.45, 2.75) is 0 Å². The summed E-state index contributed by atoms with van der Waals surface area (Å²) in [6.07, 6.45) is 0. The molecule has 0 spiro atoms. The fourth-order valence-corrected chi connectivity index (χ4v) is 1.09. The van der Waals surface area contributed by atoms with Crippen molar-refractivity contribution in [2.24, 2.45) is 0 Å². The Labute approximate surface area is 110 Å². The number of nitrogens with zero attached hydrogens (tertiary/aromatic N) is 1. The number of rotatable bonds is 6. The minimum absolute atomic E-state index is 0.271. The maximum Gasteiger partial charge on any atom is 0.321 e. The summed E-state index contributed by atoms with van der Waals surface area (Å²) in [5.74, 6) is -1.89. The third kappa shape index (κ3) is 7.71. The second-order valence-electron chi connectivity index (χ2n) is 3.42. The van der Waals surface area contributed by atoms with Gasteiger partial charge < -0.3 is 14.8 Å². The van der Waals surface area contributed by atoms with Gasteiger partial charge in [-0.1, -0.05) is 0 Å². The third-order valence-electron chi connectivity index (χ3n) is 2.01. The van der Waals surface area contributed by atoms with Gasteiger partial charge in [-0.2, -0.15) is 0 Å². The van der Waals surface area contributed by atoms with Gasteiger partial charge in [-0.25, -0.2) is 4.79 Å². The van der Waals surface area contributed by atoms with E-state index >= 15 is 0 Å². The number of ether oxygens (including phenoxy) is 2. The average Bonchev–Trinajstić information content (AvgIpc) is 2.37. The number of carbonyl (C=O) groups excluding carboxylic acids is 4. The monoisotopic (exact) mass is 275 g/mol. The molecule has 0 heterocycles. The molecule has 9 nitrogen and oxygen atoms in total. The predicted molar refractivity (Wildman–Crippen MR) is 63.1 cm³/mol. The largest absolute Gasteiger partial charge is 0.468 e. The molecule has 0 radical (unpaired) electrons. The standard InChI is InChI=1S/C10H17N3O6/c1-11-10(17)12-7(14)4-13(5-8(15)18-2)6-9(16)19-3/h4-6H2,1-3H3,(H2,11,12,14,17). The number of hydrogen-bond acceptors (Lipinski definition) is 7. The summed E-state index contributed by atoms with van der Waals surface area (Å²) in [7, 11) is 3.72. The van der Waals surface area contributed by atoms with Crippen molar-refractivity contribution in [1.29, 1.82) is 0 Å². The number of esters is 2. The van der Waals surface area contributed by atoms with Crippen LogP contribution in [0, 0.1) is 0 Å². The zero-order chi connectivity index (χ0) is 14.8. The number of methoxy groups -OCH3 is 2. The van der Waals surface area contributed by atoms with Gasteiger partial charge in [0.1, 0.15) is 0 Å². The van der Waals surface area contributed by atoms with Crippen LogP contribution in [-0.2, 0) is 23.9 Å². The second kappa shape index (κ2) is 8.86. The van der Waals surface area contributed by atoms with Crippen molar-refractivity contribution in [3.63, 3.8) is 0 Å². The molecular formula is C10H17N3O6. The van der Waals surface area contributed by atoms with E-state index in [1.165, 1.54) is 26.2 Å². The summed E-state index contributed by atoms with van der Waals surface area (Å²) in [6, 6.07) is -0.680. The van der Waals surface area contributed by atoms with Crippen LogP contribution in [-0.4, -0.2) is 69.7 Å². The Bertz CT molecular complexity index is 339. The molecule has 0 aliphatic carbocycles. The van der Waals surface area contributed by atoms with E-state index in [1.54, 1.807) is 0 Å². The van der Waals surface area contributed by atoms with Gasteiger partial charge in [0.2, 0.25) is 5.91 Å². The lowest BCUT2D eigenvalue weighted by molar-refractivity contribution is -0.145. The Morgan fingerprint density at radius 2 is 1.42 bits per heavy atom. The molecule has 0 aliphatic rings. The van der Waals surface area contributed by atoms with Crippen LogP contribution in [0.5, 0.6) is 0 Å². The number of urea groups is 1. The van der Waals surface area contributed by atoms with Crippen LogP contribution in [0.2, 0.25) is 0 Å². The molecule has 0 bridgehead atoms. The highest BCUT2D eigenvalue weighted by molar-refractivity contribution is 5.95. The quantitative estimate of drug-likeness (QED) is 0.544. The van der Waals surface area contributed by atoms with E-state index in [0.717, 1.165) is 0 Å². The summed E-state index contributed by atoms with van der Waals surface area (Å²) >= 11 is 0. The van der Waals surface area contributed by atoms with E-state index in [1.807, 2.05) is 5.32 Å². The first-order chi connectivity index (χ1) is 8.92. The third-order valence-corrected chi connectivity index (χ3v) is 2.01. The van der Waals surface area contributed by atoms with Gasteiger partial charge in [0, 0.05) is 7.05 Å². The zero-order valence-electron chi connectivity index (χ0n) is 11.0. The van der Waals surface area contributed by atoms with Gasteiger partial charge in [0.25, 0.3) is 0 Å². The zero-order valence-corrected chi connectivity index (χ0v) is 11.0. The van der Waals surface area contributed by atoms with Crippen LogP contribution in [0.15, 0.2) is 0 Å². The molecule has 2 N–H and O–H groups in total. The number of nitrogens with one attached hydrogen (secondary N) is 2. The first-order valence-corrected chi connectivity index (χ1v) is 5.30. The van der Waals surface area contributed by atoms with Gasteiger partial charge in [-0.3, -0.25) is 24.6 Å². The lowest BCUT2D eigenvalue weighted by Crippen LogP contribution is -2.46. The second-order valence-corrected chi connectivity index (χ2v) is 3.42. The molecule has 0 unspecified atom stereocenters. The molecule has 0 atom stereocenters. The fourth-order valence-electron chi connectivity index (χ4n) is 1.09. The Kier molecular flexibility index (Phi) is 7.85. The lowest BCUT2D eigenvalue weighted by Gasteiger charge is -2.18. The van der Waals surface area contributed by atoms with E-state index in [2.05, 4.69) is 14.8 Å². The van der Waals surface area contributed by atoms with Crippen molar-refractivity contribution < 1.29 is 28.7 Å². The summed E-state index contributed by atoms with van der Waals surface area (Å²) < 4.78 is 8.87. The molecule has 3 amide bonds. The highest BCUT2D eigenvalue weighted by Crippen LogP contribution is 1.92. The van der Waals surface area contributed by atoms with Crippen LogP contribution in [0.1, 0.15) is 0 Å². The van der Waals surface area contributed by atoms with Crippen LogP contribution in [0.25, 0.3) is 0 Å². The van der Waals surface area contributed by atoms with Crippen LogP contribution in [0.3, 0.4) is 0 Å². The van der Waals surface area contributed by atoms with Crippen molar-refractivity contribution in [1.82, 2.24) is 15.5 Å². The lowest BCUT2D eigenvalue weighted by atomic mass is 10.4. The first-order valence-electron chi connectivity index (χ1n) is 5.30. The molecular weight excluding hydrogens is 258 g/mol. The van der Waals surface area contributed by atoms with E-state index in [4.69, 9.17) is 0 Å². The Balaban J connectivity index is 4.47. The first kappa shape index (κ1) is 16.8. The minimum Gasteiger partial charge on any atom is -0.468 e. The molecule has 0 fully saturated rings. The number of amides is 3. The van der Waals surface area contributed by atoms with Crippen LogP contribution in [0.4, 0.5) is 4.79 Å². The van der Waals surface area contributed by atoms with Crippen LogP contribution < -0.4 is 10.6 Å². The number of imide groups is 1. The van der Waals surface area contributed by atoms with Crippen molar-refractivity contribution in [3.05, 3.63) is 0 Å². The minimum atomic E-state index is -0.680. The van der Waals surface area contributed by atoms with Crippen LogP contribution >= 0.6 is 0 Å².